The molecule has 112 valence electrons. The number of anilines is 1. The van der Waals surface area contributed by atoms with Crippen LogP contribution in [0.3, 0.4) is 0 Å². The first-order valence-corrected chi connectivity index (χ1v) is 7.91. The molecule has 0 atom stereocenters. The van der Waals surface area contributed by atoms with Crippen molar-refractivity contribution in [3.05, 3.63) is 53.6 Å². The van der Waals surface area contributed by atoms with Crippen LogP contribution in [0, 0.1) is 6.92 Å². The van der Waals surface area contributed by atoms with Gasteiger partial charge in [0.15, 0.2) is 0 Å². The molecule has 0 fully saturated rings. The average Bonchev–Trinajstić information content (AvgIpc) is 2.47. The molecule has 0 bridgehead atoms. The van der Waals surface area contributed by atoms with Crippen LogP contribution in [0.2, 0.25) is 0 Å². The fourth-order valence-corrected chi connectivity index (χ4v) is 3.08. The van der Waals surface area contributed by atoms with Gasteiger partial charge in [0.2, 0.25) is 0 Å². The third-order valence-electron chi connectivity index (χ3n) is 3.04. The lowest BCUT2D eigenvalue weighted by Crippen LogP contribution is -2.14. The lowest BCUT2D eigenvalue weighted by atomic mass is 10.2. The van der Waals surface area contributed by atoms with Crippen LogP contribution in [-0.4, -0.2) is 15.5 Å². The number of ether oxygens (including phenoxy) is 1. The zero-order chi connectivity index (χ0) is 15.5. The second-order valence-electron chi connectivity index (χ2n) is 4.66. The predicted molar refractivity (Wildman–Crippen MR) is 82.9 cm³/mol. The van der Waals surface area contributed by atoms with Crippen LogP contribution in [0.5, 0.6) is 5.75 Å². The van der Waals surface area contributed by atoms with Gasteiger partial charge >= 0.3 is 0 Å². The molecule has 0 aliphatic rings. The molecule has 0 saturated carbocycles. The van der Waals surface area contributed by atoms with Crippen LogP contribution in [0.1, 0.15) is 11.1 Å². The Morgan fingerprint density at radius 2 is 1.95 bits per heavy atom. The maximum atomic E-state index is 12.4. The lowest BCUT2D eigenvalue weighted by Gasteiger charge is -2.13. The molecule has 2 rings (SSSR count). The van der Waals surface area contributed by atoms with Gasteiger partial charge in [0.1, 0.15) is 5.75 Å². The zero-order valence-corrected chi connectivity index (χ0v) is 12.8. The summed E-state index contributed by atoms with van der Waals surface area (Å²) in [5.74, 6) is 0.471. The van der Waals surface area contributed by atoms with Crippen LogP contribution in [0.4, 0.5) is 5.69 Å². The molecule has 0 spiro atoms. The van der Waals surface area contributed by atoms with Crippen LogP contribution < -0.4 is 15.2 Å². The molecule has 0 aromatic heterocycles. The van der Waals surface area contributed by atoms with Gasteiger partial charge in [0.25, 0.3) is 10.0 Å². The number of hydrogen-bond acceptors (Lipinski definition) is 4. The van der Waals surface area contributed by atoms with Gasteiger partial charge in [0.05, 0.1) is 17.7 Å². The third kappa shape index (κ3) is 3.53. The average molecular weight is 306 g/mol. The van der Waals surface area contributed by atoms with Crippen molar-refractivity contribution in [3.63, 3.8) is 0 Å². The van der Waals surface area contributed by atoms with E-state index in [0.717, 1.165) is 11.1 Å². The standard InChI is InChI=1S/C15H18N2O3S/c1-11-6-7-15(20-2)14(8-11)17-21(18,19)13-5-3-4-12(9-13)10-16/h3-9,17H,10,16H2,1-2H3. The molecule has 2 aromatic carbocycles. The maximum absolute atomic E-state index is 12.4. The number of nitrogens with two attached hydrogens (primary N) is 1. The summed E-state index contributed by atoms with van der Waals surface area (Å²) < 4.78 is 32.6. The summed E-state index contributed by atoms with van der Waals surface area (Å²) in [6, 6.07) is 11.9. The second kappa shape index (κ2) is 6.15. The van der Waals surface area contributed by atoms with Crippen molar-refractivity contribution in [2.24, 2.45) is 5.73 Å². The van der Waals surface area contributed by atoms with Gasteiger partial charge in [-0.1, -0.05) is 18.2 Å². The summed E-state index contributed by atoms with van der Waals surface area (Å²) >= 11 is 0. The molecular formula is C15H18N2O3S. The highest BCUT2D eigenvalue weighted by Gasteiger charge is 2.16. The molecule has 3 N–H and O–H groups in total. The highest BCUT2D eigenvalue weighted by Crippen LogP contribution is 2.27. The Labute approximate surface area is 124 Å². The van der Waals surface area contributed by atoms with Crippen LogP contribution in [-0.2, 0) is 16.6 Å². The lowest BCUT2D eigenvalue weighted by molar-refractivity contribution is 0.417. The molecular weight excluding hydrogens is 288 g/mol. The Morgan fingerprint density at radius 1 is 1.19 bits per heavy atom. The fourth-order valence-electron chi connectivity index (χ4n) is 1.94. The van der Waals surface area contributed by atoms with Crippen molar-refractivity contribution in [1.82, 2.24) is 0 Å². The second-order valence-corrected chi connectivity index (χ2v) is 6.34. The van der Waals surface area contributed by atoms with E-state index in [9.17, 15) is 8.42 Å². The van der Waals surface area contributed by atoms with Crippen molar-refractivity contribution in [2.45, 2.75) is 18.4 Å². The van der Waals surface area contributed by atoms with E-state index in [0.29, 0.717) is 11.4 Å². The van der Waals surface area contributed by atoms with Gasteiger partial charge in [0, 0.05) is 6.54 Å². The minimum absolute atomic E-state index is 0.175. The predicted octanol–water partition coefficient (Wildman–Crippen LogP) is 2.26. The maximum Gasteiger partial charge on any atom is 0.262 e. The summed E-state index contributed by atoms with van der Waals surface area (Å²) in [6.45, 7) is 2.17. The zero-order valence-electron chi connectivity index (χ0n) is 12.0. The Bertz CT molecular complexity index is 742. The smallest absolute Gasteiger partial charge is 0.262 e. The fraction of sp³-hybridized carbons (Fsp3) is 0.200. The molecule has 2 aromatic rings. The van der Waals surface area contributed by atoms with Gasteiger partial charge in [-0.3, -0.25) is 4.72 Å². The van der Waals surface area contributed by atoms with Gasteiger partial charge in [-0.2, -0.15) is 0 Å². The molecule has 0 radical (unpaired) electrons. The Hall–Kier alpha value is -2.05. The van der Waals surface area contributed by atoms with Gasteiger partial charge < -0.3 is 10.5 Å². The van der Waals surface area contributed by atoms with Crippen molar-refractivity contribution in [3.8, 4) is 5.75 Å². The number of aryl methyl sites for hydroxylation is 1. The number of benzene rings is 2. The molecule has 21 heavy (non-hydrogen) atoms. The van der Waals surface area contributed by atoms with E-state index in [1.54, 1.807) is 30.3 Å². The number of hydrogen-bond donors (Lipinski definition) is 2. The molecule has 6 heteroatoms. The van der Waals surface area contributed by atoms with E-state index in [1.165, 1.54) is 13.2 Å². The first-order valence-electron chi connectivity index (χ1n) is 6.43. The summed E-state index contributed by atoms with van der Waals surface area (Å²) in [5, 5.41) is 0. The van der Waals surface area contributed by atoms with E-state index < -0.39 is 10.0 Å². The minimum Gasteiger partial charge on any atom is -0.495 e. The molecule has 0 heterocycles. The van der Waals surface area contributed by atoms with Crippen molar-refractivity contribution < 1.29 is 13.2 Å². The van der Waals surface area contributed by atoms with Crippen LogP contribution in [0.15, 0.2) is 47.4 Å². The first-order chi connectivity index (χ1) is 9.96. The van der Waals surface area contributed by atoms with E-state index in [2.05, 4.69) is 4.72 Å². The van der Waals surface area contributed by atoms with E-state index in [-0.39, 0.29) is 11.4 Å². The van der Waals surface area contributed by atoms with Crippen molar-refractivity contribution >= 4 is 15.7 Å². The quantitative estimate of drug-likeness (QED) is 0.888. The van der Waals surface area contributed by atoms with Crippen molar-refractivity contribution in [2.75, 3.05) is 11.8 Å². The minimum atomic E-state index is -3.68. The van der Waals surface area contributed by atoms with E-state index in [1.807, 2.05) is 13.0 Å². The first kappa shape index (κ1) is 15.3. The van der Waals surface area contributed by atoms with E-state index >= 15 is 0 Å². The van der Waals surface area contributed by atoms with Crippen molar-refractivity contribution in [1.29, 1.82) is 0 Å². The monoisotopic (exact) mass is 306 g/mol. The largest absolute Gasteiger partial charge is 0.495 e. The Kier molecular flexibility index (Phi) is 4.50. The van der Waals surface area contributed by atoms with Crippen LogP contribution >= 0.6 is 0 Å². The highest BCUT2D eigenvalue weighted by atomic mass is 32.2. The van der Waals surface area contributed by atoms with E-state index in [4.69, 9.17) is 10.5 Å². The number of sulfonamides is 1. The van der Waals surface area contributed by atoms with Gasteiger partial charge in [-0.05, 0) is 42.3 Å². The normalized spacial score (nSPS) is 11.2. The molecule has 5 nitrogen and oxygen atoms in total. The molecule has 0 aliphatic carbocycles. The molecule has 0 amide bonds. The molecule has 0 unspecified atom stereocenters. The van der Waals surface area contributed by atoms with Gasteiger partial charge in [-0.25, -0.2) is 8.42 Å². The molecule has 0 aliphatic heterocycles. The summed E-state index contributed by atoms with van der Waals surface area (Å²) in [5.41, 5.74) is 7.65. The third-order valence-corrected chi connectivity index (χ3v) is 4.41. The summed E-state index contributed by atoms with van der Waals surface area (Å²) in [7, 11) is -2.18. The Morgan fingerprint density at radius 3 is 2.62 bits per heavy atom. The number of nitrogens with one attached hydrogen (secondary N) is 1. The number of rotatable bonds is 5. The summed E-state index contributed by atoms with van der Waals surface area (Å²) in [6.07, 6.45) is 0. The number of methoxy groups -OCH3 is 1. The Balaban J connectivity index is 2.39. The summed E-state index contributed by atoms with van der Waals surface area (Å²) in [4.78, 5) is 0.175. The molecule has 0 saturated heterocycles. The van der Waals surface area contributed by atoms with Gasteiger partial charge in [-0.15, -0.1) is 0 Å². The highest BCUT2D eigenvalue weighted by molar-refractivity contribution is 7.92. The van der Waals surface area contributed by atoms with Crippen LogP contribution in [0.25, 0.3) is 0 Å². The SMILES string of the molecule is COc1ccc(C)cc1NS(=O)(=O)c1cccc(CN)c1. The topological polar surface area (TPSA) is 81.4 Å².